The lowest BCUT2D eigenvalue weighted by molar-refractivity contribution is -0.274. The van der Waals surface area contributed by atoms with Crippen LogP contribution in [0.5, 0.6) is 5.75 Å². The van der Waals surface area contributed by atoms with Gasteiger partial charge in [-0.05, 0) is 42.3 Å². The number of carbonyl (C=O) groups is 2. The highest BCUT2D eigenvalue weighted by Crippen LogP contribution is 2.31. The van der Waals surface area contributed by atoms with E-state index in [0.717, 1.165) is 17.1 Å². The summed E-state index contributed by atoms with van der Waals surface area (Å²) in [5.74, 6) is -1.70. The van der Waals surface area contributed by atoms with Crippen molar-refractivity contribution in [2.45, 2.75) is 24.7 Å². The molecule has 4 aromatic rings. The lowest BCUT2D eigenvalue weighted by atomic mass is 9.85. The number of rotatable bonds is 5. The molecule has 2 atom stereocenters. The Morgan fingerprint density at radius 1 is 1.03 bits per heavy atom. The fourth-order valence-corrected chi connectivity index (χ4v) is 4.70. The average Bonchev–Trinajstić information content (AvgIpc) is 3.33. The molecular formula is C27H23F3N4O3. The molecule has 1 fully saturated rings. The molecule has 5 rings (SSSR count). The third-order valence-corrected chi connectivity index (χ3v) is 6.42. The number of para-hydroxylation sites is 1. The van der Waals surface area contributed by atoms with E-state index in [9.17, 15) is 22.8 Å². The number of likely N-dealkylation sites (tertiary alicyclic amines) is 1. The first-order valence-corrected chi connectivity index (χ1v) is 11.7. The molecule has 0 saturated carbocycles. The summed E-state index contributed by atoms with van der Waals surface area (Å²) in [4.78, 5) is 35.5. The molecule has 10 heteroatoms. The summed E-state index contributed by atoms with van der Waals surface area (Å²) in [5.41, 5.74) is 2.56. The van der Waals surface area contributed by atoms with Gasteiger partial charge in [-0.15, -0.1) is 13.2 Å². The molecule has 0 spiro atoms. The number of carbonyl (C=O) groups excluding carboxylic acids is 2. The van der Waals surface area contributed by atoms with Crippen LogP contribution in [0, 0.1) is 0 Å². The lowest BCUT2D eigenvalue weighted by Crippen LogP contribution is -2.51. The Morgan fingerprint density at radius 2 is 1.78 bits per heavy atom. The van der Waals surface area contributed by atoms with Gasteiger partial charge in [-0.1, -0.05) is 42.5 Å². The Balaban J connectivity index is 1.38. The second-order valence-corrected chi connectivity index (χ2v) is 8.80. The third kappa shape index (κ3) is 5.42. The topological polar surface area (TPSA) is 87.3 Å². The van der Waals surface area contributed by atoms with Gasteiger partial charge in [0.1, 0.15) is 11.4 Å². The van der Waals surface area contributed by atoms with Crippen molar-refractivity contribution in [2.75, 3.05) is 13.1 Å². The van der Waals surface area contributed by atoms with E-state index >= 15 is 0 Å². The summed E-state index contributed by atoms with van der Waals surface area (Å²) in [5, 5.41) is 2.89. The molecule has 3 heterocycles. The van der Waals surface area contributed by atoms with Crippen molar-refractivity contribution in [2.24, 2.45) is 0 Å². The van der Waals surface area contributed by atoms with E-state index in [1.165, 1.54) is 18.2 Å². The van der Waals surface area contributed by atoms with Crippen molar-refractivity contribution in [3.63, 3.8) is 0 Å². The number of fused-ring (bicyclic) bond motifs is 1. The predicted octanol–water partition coefficient (Wildman–Crippen LogP) is 4.89. The molecule has 1 saturated heterocycles. The Hall–Kier alpha value is -4.34. The molecule has 1 aliphatic heterocycles. The van der Waals surface area contributed by atoms with E-state index in [2.05, 4.69) is 20.0 Å². The van der Waals surface area contributed by atoms with Gasteiger partial charge in [-0.3, -0.25) is 14.6 Å². The van der Waals surface area contributed by atoms with Crippen molar-refractivity contribution in [3.05, 3.63) is 95.8 Å². The number of H-pyrrole nitrogens is 1. The number of amides is 2. The lowest BCUT2D eigenvalue weighted by Gasteiger charge is -2.39. The number of aromatic nitrogens is 2. The normalized spacial score (nSPS) is 18.0. The Morgan fingerprint density at radius 3 is 2.54 bits per heavy atom. The first-order valence-electron chi connectivity index (χ1n) is 11.7. The molecule has 0 unspecified atom stereocenters. The molecule has 0 radical (unpaired) electrons. The molecule has 2 aromatic carbocycles. The van der Waals surface area contributed by atoms with Crippen LogP contribution in [-0.2, 0) is 0 Å². The highest BCUT2D eigenvalue weighted by Gasteiger charge is 2.36. The van der Waals surface area contributed by atoms with Crippen LogP contribution in [0.1, 0.15) is 38.7 Å². The van der Waals surface area contributed by atoms with Gasteiger partial charge in [0.05, 0.1) is 16.6 Å². The maximum atomic E-state index is 13.3. The number of aromatic amines is 1. The fraction of sp³-hybridized carbons (Fsp3) is 0.222. The molecule has 7 nitrogen and oxygen atoms in total. The van der Waals surface area contributed by atoms with Crippen LogP contribution in [0.4, 0.5) is 13.2 Å². The first kappa shape index (κ1) is 24.4. The van der Waals surface area contributed by atoms with Crippen LogP contribution in [0.2, 0.25) is 0 Å². The van der Waals surface area contributed by atoms with E-state index < -0.39 is 24.1 Å². The van der Waals surface area contributed by atoms with E-state index in [-0.39, 0.29) is 17.4 Å². The zero-order valence-electron chi connectivity index (χ0n) is 19.5. The smallest absolute Gasteiger partial charge is 0.405 e. The second-order valence-electron chi connectivity index (χ2n) is 8.80. The number of nitrogens with zero attached hydrogens (tertiary/aromatic N) is 2. The average molecular weight is 509 g/mol. The fourth-order valence-electron chi connectivity index (χ4n) is 4.70. The quantitative estimate of drug-likeness (QED) is 0.402. The summed E-state index contributed by atoms with van der Waals surface area (Å²) >= 11 is 0. The highest BCUT2D eigenvalue weighted by molar-refractivity contribution is 5.98. The van der Waals surface area contributed by atoms with Gasteiger partial charge in [-0.25, -0.2) is 0 Å². The zero-order chi connectivity index (χ0) is 26.0. The van der Waals surface area contributed by atoms with Gasteiger partial charge < -0.3 is 19.9 Å². The van der Waals surface area contributed by atoms with Crippen molar-refractivity contribution < 1.29 is 27.5 Å². The first-order chi connectivity index (χ1) is 17.8. The maximum absolute atomic E-state index is 13.3. The number of halogens is 3. The number of ether oxygens (including phenoxy) is 1. The Kier molecular flexibility index (Phi) is 6.56. The Bertz CT molecular complexity index is 1390. The van der Waals surface area contributed by atoms with Crippen LogP contribution in [0.15, 0.2) is 79.0 Å². The summed E-state index contributed by atoms with van der Waals surface area (Å²) in [6.45, 7) is 0.674. The number of benzene rings is 2. The standard InChI is InChI=1S/C27H23F3N4O3/c28-27(29,30)37-24-11-5-4-9-18(24)25(35)33-20-12-14-34(16-19(20)17-7-2-1-3-8-17)26(36)23-15-22-21(32-23)10-6-13-31-22/h1-11,13,15,19-20,32H,12,14,16H2,(H,33,35)/t19-,20-/m1/s1. The van der Waals surface area contributed by atoms with Crippen molar-refractivity contribution in [1.29, 1.82) is 0 Å². The van der Waals surface area contributed by atoms with Gasteiger partial charge >= 0.3 is 6.36 Å². The monoisotopic (exact) mass is 508 g/mol. The summed E-state index contributed by atoms with van der Waals surface area (Å²) in [6.07, 6.45) is -2.85. The molecule has 0 bridgehead atoms. The molecule has 2 aromatic heterocycles. The van der Waals surface area contributed by atoms with Crippen LogP contribution >= 0.6 is 0 Å². The van der Waals surface area contributed by atoms with E-state index in [1.807, 2.05) is 36.4 Å². The summed E-state index contributed by atoms with van der Waals surface area (Å²) in [6, 6.07) is 19.6. The van der Waals surface area contributed by atoms with Crippen LogP contribution in [0.25, 0.3) is 11.0 Å². The largest absolute Gasteiger partial charge is 0.573 e. The number of piperidine rings is 1. The van der Waals surface area contributed by atoms with Crippen LogP contribution < -0.4 is 10.1 Å². The zero-order valence-corrected chi connectivity index (χ0v) is 19.5. The minimum absolute atomic E-state index is 0.187. The third-order valence-electron chi connectivity index (χ3n) is 6.42. The van der Waals surface area contributed by atoms with E-state index in [4.69, 9.17) is 0 Å². The van der Waals surface area contributed by atoms with Gasteiger partial charge in [-0.2, -0.15) is 0 Å². The highest BCUT2D eigenvalue weighted by atomic mass is 19.4. The molecule has 0 aliphatic carbocycles. The number of pyridine rings is 1. The Labute approximate surface area is 210 Å². The second kappa shape index (κ2) is 9.96. The number of nitrogens with one attached hydrogen (secondary N) is 2. The van der Waals surface area contributed by atoms with E-state index in [1.54, 1.807) is 23.2 Å². The van der Waals surface area contributed by atoms with Crippen molar-refractivity contribution in [3.8, 4) is 5.75 Å². The molecule has 37 heavy (non-hydrogen) atoms. The maximum Gasteiger partial charge on any atom is 0.573 e. The van der Waals surface area contributed by atoms with Crippen LogP contribution in [-0.4, -0.2) is 52.2 Å². The van der Waals surface area contributed by atoms with Gasteiger partial charge in [0.2, 0.25) is 0 Å². The van der Waals surface area contributed by atoms with Gasteiger partial charge in [0, 0.05) is 31.2 Å². The summed E-state index contributed by atoms with van der Waals surface area (Å²) < 4.78 is 42.6. The van der Waals surface area contributed by atoms with Gasteiger partial charge in [0.15, 0.2) is 0 Å². The SMILES string of the molecule is O=C(N[C@@H]1CCN(C(=O)c2cc3ncccc3[nH]2)C[C@@H]1c1ccccc1)c1ccccc1OC(F)(F)F. The summed E-state index contributed by atoms with van der Waals surface area (Å²) in [7, 11) is 0. The number of hydrogen-bond acceptors (Lipinski definition) is 4. The molecular weight excluding hydrogens is 485 g/mol. The van der Waals surface area contributed by atoms with Gasteiger partial charge in [0.25, 0.3) is 11.8 Å². The number of alkyl halides is 3. The van der Waals surface area contributed by atoms with Crippen LogP contribution in [0.3, 0.4) is 0 Å². The minimum Gasteiger partial charge on any atom is -0.405 e. The molecule has 2 N–H and O–H groups in total. The predicted molar refractivity (Wildman–Crippen MR) is 130 cm³/mol. The molecule has 2 amide bonds. The van der Waals surface area contributed by atoms with Crippen molar-refractivity contribution >= 4 is 22.8 Å². The van der Waals surface area contributed by atoms with Crippen molar-refractivity contribution in [1.82, 2.24) is 20.2 Å². The van der Waals surface area contributed by atoms with E-state index in [0.29, 0.717) is 30.7 Å². The molecule has 1 aliphatic rings. The number of hydrogen-bond donors (Lipinski definition) is 2. The molecule has 190 valence electrons. The minimum atomic E-state index is -4.92.